The van der Waals surface area contributed by atoms with Gasteiger partial charge < -0.3 is 23.7 Å². The van der Waals surface area contributed by atoms with E-state index in [0.717, 1.165) is 0 Å². The van der Waals surface area contributed by atoms with Gasteiger partial charge in [0, 0.05) is 14.0 Å². The first-order chi connectivity index (χ1) is 12.2. The van der Waals surface area contributed by atoms with Crippen molar-refractivity contribution >= 4 is 11.8 Å². The van der Waals surface area contributed by atoms with Gasteiger partial charge in [0.2, 0.25) is 0 Å². The van der Waals surface area contributed by atoms with Crippen molar-refractivity contribution in [3.05, 3.63) is 36.5 Å². The Kier molecular flexibility index (Phi) is 8.36. The van der Waals surface area contributed by atoms with Crippen molar-refractivity contribution in [1.82, 2.24) is 0 Å². The molecule has 0 saturated carbocycles. The molecular formula is C19H28O7. The predicted molar refractivity (Wildman–Crippen MR) is 95.3 cm³/mol. The third-order valence-corrected chi connectivity index (χ3v) is 3.84. The number of carbonyl (C=O) groups excluding carboxylic acids is 2. The summed E-state index contributed by atoms with van der Waals surface area (Å²) >= 11 is 0. The molecule has 7 heteroatoms. The third kappa shape index (κ3) is 5.88. The molecule has 0 unspecified atom stereocenters. The molecule has 0 N–H and O–H groups in total. The smallest absolute Gasteiger partial charge is 0.303 e. The first-order valence-corrected chi connectivity index (χ1v) is 8.24. The number of hydrogen-bond acceptors (Lipinski definition) is 7. The second-order valence-corrected chi connectivity index (χ2v) is 6.32. The van der Waals surface area contributed by atoms with E-state index >= 15 is 0 Å². The van der Waals surface area contributed by atoms with E-state index in [2.05, 4.69) is 13.2 Å². The molecule has 0 aromatic carbocycles. The molecule has 1 fully saturated rings. The van der Waals surface area contributed by atoms with E-state index in [1.165, 1.54) is 20.1 Å². The minimum atomic E-state index is -1.01. The van der Waals surface area contributed by atoms with Crippen LogP contribution in [0.2, 0.25) is 0 Å². The van der Waals surface area contributed by atoms with Gasteiger partial charge in [0.15, 0.2) is 23.8 Å². The van der Waals surface area contributed by atoms with Crippen molar-refractivity contribution in [3.63, 3.8) is 0 Å². The summed E-state index contributed by atoms with van der Waals surface area (Å²) in [4.78, 5) is 23.9. The Bertz CT molecular complexity index is 576. The fourth-order valence-electron chi connectivity index (χ4n) is 2.68. The maximum Gasteiger partial charge on any atom is 0.303 e. The van der Waals surface area contributed by atoms with Gasteiger partial charge in [-0.05, 0) is 38.0 Å². The van der Waals surface area contributed by atoms with Gasteiger partial charge >= 0.3 is 5.97 Å². The van der Waals surface area contributed by atoms with E-state index in [1.54, 1.807) is 26.8 Å². The highest BCUT2D eigenvalue weighted by atomic mass is 16.8. The summed E-state index contributed by atoms with van der Waals surface area (Å²) in [5, 5.41) is 0. The Balaban J connectivity index is 3.25. The van der Waals surface area contributed by atoms with Gasteiger partial charge in [-0.3, -0.25) is 9.59 Å². The van der Waals surface area contributed by atoms with Gasteiger partial charge in [-0.2, -0.15) is 0 Å². The second kappa shape index (κ2) is 9.78. The fraction of sp³-hybridized carbons (Fsp3) is 0.579. The third-order valence-electron chi connectivity index (χ3n) is 3.84. The molecule has 1 aliphatic rings. The average molecular weight is 368 g/mol. The van der Waals surface area contributed by atoms with Crippen LogP contribution in [0.3, 0.4) is 0 Å². The molecule has 1 saturated heterocycles. The normalized spacial score (nSPS) is 23.7. The van der Waals surface area contributed by atoms with Crippen molar-refractivity contribution in [1.29, 1.82) is 0 Å². The number of ether oxygens (including phenoxy) is 5. The van der Waals surface area contributed by atoms with Gasteiger partial charge in [0.05, 0.1) is 6.61 Å². The van der Waals surface area contributed by atoms with Crippen LogP contribution in [0.25, 0.3) is 0 Å². The van der Waals surface area contributed by atoms with Crippen LogP contribution in [0.15, 0.2) is 36.5 Å². The van der Waals surface area contributed by atoms with E-state index in [-0.39, 0.29) is 19.2 Å². The first kappa shape index (κ1) is 22.2. The van der Waals surface area contributed by atoms with Gasteiger partial charge in [-0.1, -0.05) is 19.2 Å². The average Bonchev–Trinajstić information content (AvgIpc) is 2.90. The van der Waals surface area contributed by atoms with Crippen molar-refractivity contribution in [2.24, 2.45) is 0 Å². The Hall–Kier alpha value is -1.80. The topological polar surface area (TPSA) is 80.3 Å². The quantitative estimate of drug-likeness (QED) is 0.192. The second-order valence-electron chi connectivity index (χ2n) is 6.32. The minimum absolute atomic E-state index is 0.108. The Morgan fingerprint density at radius 2 is 1.85 bits per heavy atom. The zero-order valence-corrected chi connectivity index (χ0v) is 16.1. The molecule has 1 rings (SSSR count). The lowest BCUT2D eigenvalue weighted by molar-refractivity contribution is -0.166. The molecule has 0 aromatic rings. The van der Waals surface area contributed by atoms with Crippen molar-refractivity contribution in [3.8, 4) is 0 Å². The number of methoxy groups -OCH3 is 1. The minimum Gasteiger partial charge on any atom is -0.455 e. The molecule has 1 heterocycles. The maximum absolute atomic E-state index is 12.2. The van der Waals surface area contributed by atoms with Gasteiger partial charge in [0.1, 0.15) is 12.9 Å². The van der Waals surface area contributed by atoms with Gasteiger partial charge in [-0.15, -0.1) is 0 Å². The molecule has 0 amide bonds. The Morgan fingerprint density at radius 3 is 2.35 bits per heavy atom. The van der Waals surface area contributed by atoms with Crippen LogP contribution >= 0.6 is 0 Å². The Labute approximate surface area is 154 Å². The molecular weight excluding hydrogens is 340 g/mol. The van der Waals surface area contributed by atoms with Crippen LogP contribution < -0.4 is 0 Å². The summed E-state index contributed by atoms with van der Waals surface area (Å²) in [6.07, 6.45) is 0.168. The van der Waals surface area contributed by atoms with Crippen LogP contribution in [0.4, 0.5) is 0 Å². The summed E-state index contributed by atoms with van der Waals surface area (Å²) in [7, 11) is 1.52. The highest BCUT2D eigenvalue weighted by Crippen LogP contribution is 2.34. The zero-order chi connectivity index (χ0) is 19.9. The lowest BCUT2D eigenvalue weighted by atomic mass is 9.95. The number of rotatable bonds is 10. The molecule has 3 atom stereocenters. The van der Waals surface area contributed by atoms with Gasteiger partial charge in [0.25, 0.3) is 0 Å². The molecule has 7 nitrogen and oxygen atoms in total. The summed E-state index contributed by atoms with van der Waals surface area (Å²) in [5.74, 6) is -1.86. The number of esters is 1. The molecule has 0 spiro atoms. The summed E-state index contributed by atoms with van der Waals surface area (Å²) in [6.45, 7) is 14.0. The molecule has 0 aliphatic carbocycles. The zero-order valence-electron chi connectivity index (χ0n) is 16.1. The summed E-state index contributed by atoms with van der Waals surface area (Å²) < 4.78 is 27.3. The fourth-order valence-corrected chi connectivity index (χ4v) is 2.68. The van der Waals surface area contributed by atoms with E-state index in [4.69, 9.17) is 23.7 Å². The van der Waals surface area contributed by atoms with Crippen molar-refractivity contribution in [2.45, 2.75) is 51.8 Å². The number of ketones is 1. The highest BCUT2D eigenvalue weighted by Gasteiger charge is 2.49. The standard InChI is InChI=1S/C19H28O7/c1-8-14(10-23-11-22-7)12(3)16(24-13(4)20)18-17(15(21)9-2)25-19(5,6)26-18/h8-9,16-18H,1-2,10-11H2,3-7H3/b14-12-/t16-,17-,18+/m1/s1. The molecule has 0 aromatic heterocycles. The molecule has 26 heavy (non-hydrogen) atoms. The van der Waals surface area contributed by atoms with E-state index in [0.29, 0.717) is 11.1 Å². The predicted octanol–water partition coefficient (Wildman–Crippen LogP) is 2.32. The molecule has 146 valence electrons. The maximum atomic E-state index is 12.2. The molecule has 0 radical (unpaired) electrons. The first-order valence-electron chi connectivity index (χ1n) is 8.24. The van der Waals surface area contributed by atoms with E-state index in [1.807, 2.05) is 0 Å². The monoisotopic (exact) mass is 368 g/mol. The largest absolute Gasteiger partial charge is 0.455 e. The lowest BCUT2D eigenvalue weighted by Crippen LogP contribution is -2.42. The van der Waals surface area contributed by atoms with Crippen LogP contribution in [-0.4, -0.2) is 56.4 Å². The Morgan fingerprint density at radius 1 is 1.19 bits per heavy atom. The van der Waals surface area contributed by atoms with E-state index < -0.39 is 30.1 Å². The van der Waals surface area contributed by atoms with Crippen LogP contribution in [-0.2, 0) is 33.3 Å². The molecule has 1 aliphatic heterocycles. The van der Waals surface area contributed by atoms with Crippen LogP contribution in [0.5, 0.6) is 0 Å². The van der Waals surface area contributed by atoms with Crippen molar-refractivity contribution in [2.75, 3.05) is 20.5 Å². The van der Waals surface area contributed by atoms with Crippen LogP contribution in [0, 0.1) is 0 Å². The van der Waals surface area contributed by atoms with E-state index in [9.17, 15) is 9.59 Å². The molecule has 0 bridgehead atoms. The highest BCUT2D eigenvalue weighted by molar-refractivity contribution is 5.94. The van der Waals surface area contributed by atoms with Crippen molar-refractivity contribution < 1.29 is 33.3 Å². The number of hydrogen-bond donors (Lipinski definition) is 0. The summed E-state index contributed by atoms with van der Waals surface area (Å²) in [5.41, 5.74) is 1.35. The summed E-state index contributed by atoms with van der Waals surface area (Å²) in [6, 6.07) is 0. The van der Waals surface area contributed by atoms with Crippen LogP contribution in [0.1, 0.15) is 27.7 Å². The lowest BCUT2D eigenvalue weighted by Gasteiger charge is -2.27. The number of carbonyl (C=O) groups is 2. The van der Waals surface area contributed by atoms with Gasteiger partial charge in [-0.25, -0.2) is 0 Å². The SMILES string of the molecule is C=CC(=O)[C@H]1OC(C)(C)O[C@H]1[C@H](OC(C)=O)/C(C)=C(/C=C)COCOC.